The van der Waals surface area contributed by atoms with Crippen LogP contribution in [0.1, 0.15) is 50.4 Å². The normalized spacial score (nSPS) is 23.0. The van der Waals surface area contributed by atoms with Crippen molar-refractivity contribution in [2.75, 3.05) is 50.7 Å². The maximum absolute atomic E-state index is 13.1. The Morgan fingerprint density at radius 1 is 1.05 bits per heavy atom. The molecule has 4 unspecified atom stereocenters. The summed E-state index contributed by atoms with van der Waals surface area (Å²) in [6.07, 6.45) is 0.300. The van der Waals surface area contributed by atoms with Crippen LogP contribution in [0.15, 0.2) is 24.3 Å². The number of piperazine rings is 1. The molecule has 3 aliphatic rings. The van der Waals surface area contributed by atoms with Gasteiger partial charge in [-0.3, -0.25) is 19.2 Å². The van der Waals surface area contributed by atoms with Gasteiger partial charge in [0.1, 0.15) is 12.1 Å². The van der Waals surface area contributed by atoms with Gasteiger partial charge in [-0.15, -0.1) is 0 Å². The second-order valence-corrected chi connectivity index (χ2v) is 11.1. The lowest BCUT2D eigenvalue weighted by atomic mass is 10.0. The maximum atomic E-state index is 13.1. The van der Waals surface area contributed by atoms with E-state index in [1.807, 2.05) is 31.2 Å². The van der Waals surface area contributed by atoms with Gasteiger partial charge >= 0.3 is 0 Å². The first-order valence-electron chi connectivity index (χ1n) is 13.8. The summed E-state index contributed by atoms with van der Waals surface area (Å²) < 4.78 is 0. The zero-order valence-corrected chi connectivity index (χ0v) is 22.7. The number of ketones is 1. The Bertz CT molecular complexity index is 1020. The molecule has 10 heteroatoms. The minimum Gasteiger partial charge on any atom is -0.383 e. The molecule has 0 aliphatic carbocycles. The Balaban J connectivity index is 1.22. The fourth-order valence-corrected chi connectivity index (χ4v) is 5.64. The highest BCUT2D eigenvalue weighted by Gasteiger charge is 2.52. The number of anilines is 1. The number of carbonyl (C=O) groups is 4. The monoisotopic (exact) mass is 527 g/mol. The number of Topliss-reactive ketones (excluding diaryl/α,β-unsaturated/α-hetero) is 1. The van der Waals surface area contributed by atoms with Gasteiger partial charge in [0, 0.05) is 56.9 Å². The van der Waals surface area contributed by atoms with E-state index in [2.05, 4.69) is 15.5 Å². The average Bonchev–Trinajstić information content (AvgIpc) is 3.49. The minimum atomic E-state index is -1.15. The van der Waals surface area contributed by atoms with E-state index in [-0.39, 0.29) is 48.4 Å². The molecule has 0 bridgehead atoms. The molecular weight excluding hydrogens is 486 g/mol. The number of nitrogens with one attached hydrogen (secondary N) is 2. The van der Waals surface area contributed by atoms with E-state index in [1.165, 1.54) is 4.90 Å². The Labute approximate surface area is 224 Å². The van der Waals surface area contributed by atoms with Crippen molar-refractivity contribution < 1.29 is 24.3 Å². The lowest BCUT2D eigenvalue weighted by molar-refractivity contribution is -0.144. The van der Waals surface area contributed by atoms with Crippen LogP contribution in [0, 0.1) is 11.8 Å². The van der Waals surface area contributed by atoms with Gasteiger partial charge in [0.05, 0.1) is 12.6 Å². The zero-order chi connectivity index (χ0) is 27.4. The molecule has 38 heavy (non-hydrogen) atoms. The topological polar surface area (TPSA) is 122 Å². The zero-order valence-electron chi connectivity index (χ0n) is 22.7. The van der Waals surface area contributed by atoms with Gasteiger partial charge in [-0.1, -0.05) is 20.8 Å². The van der Waals surface area contributed by atoms with Crippen molar-refractivity contribution in [1.29, 1.82) is 0 Å². The van der Waals surface area contributed by atoms with Crippen molar-refractivity contribution in [2.45, 2.75) is 58.2 Å². The summed E-state index contributed by atoms with van der Waals surface area (Å²) in [6.45, 7) is 10.1. The molecule has 3 amide bonds. The lowest BCUT2D eigenvalue weighted by Crippen LogP contribution is -2.46. The molecule has 0 aromatic heterocycles. The quantitative estimate of drug-likeness (QED) is 0.431. The number of benzene rings is 1. The van der Waals surface area contributed by atoms with Crippen molar-refractivity contribution >= 4 is 29.2 Å². The van der Waals surface area contributed by atoms with Gasteiger partial charge in [-0.25, -0.2) is 0 Å². The van der Waals surface area contributed by atoms with E-state index in [0.29, 0.717) is 31.5 Å². The average molecular weight is 528 g/mol. The first kappa shape index (κ1) is 28.0. The molecule has 0 spiro atoms. The van der Waals surface area contributed by atoms with Crippen LogP contribution in [0.5, 0.6) is 0 Å². The summed E-state index contributed by atoms with van der Waals surface area (Å²) in [5.74, 6) is -1.04. The molecule has 3 aliphatic heterocycles. The summed E-state index contributed by atoms with van der Waals surface area (Å²) in [6, 6.07) is 6.66. The van der Waals surface area contributed by atoms with Crippen LogP contribution in [0.25, 0.3) is 0 Å². The van der Waals surface area contributed by atoms with E-state index in [9.17, 15) is 24.3 Å². The number of amides is 3. The Morgan fingerprint density at radius 3 is 2.39 bits per heavy atom. The van der Waals surface area contributed by atoms with Crippen LogP contribution in [0.4, 0.5) is 5.69 Å². The lowest BCUT2D eigenvalue weighted by Gasteiger charge is -2.29. The van der Waals surface area contributed by atoms with Gasteiger partial charge in [0.25, 0.3) is 11.8 Å². The predicted molar refractivity (Wildman–Crippen MR) is 144 cm³/mol. The second kappa shape index (κ2) is 12.3. The van der Waals surface area contributed by atoms with Crippen LogP contribution in [0.2, 0.25) is 0 Å². The summed E-state index contributed by atoms with van der Waals surface area (Å²) in [5, 5.41) is 16.5. The molecule has 3 heterocycles. The highest BCUT2D eigenvalue weighted by Crippen LogP contribution is 2.31. The van der Waals surface area contributed by atoms with Crippen molar-refractivity contribution in [1.82, 2.24) is 20.4 Å². The number of aliphatic hydroxyl groups excluding tert-OH is 1. The number of fused-ring (bicyclic) bond motifs is 1. The van der Waals surface area contributed by atoms with Crippen molar-refractivity contribution in [3.8, 4) is 0 Å². The van der Waals surface area contributed by atoms with Crippen LogP contribution >= 0.6 is 0 Å². The molecule has 0 radical (unpaired) electrons. The van der Waals surface area contributed by atoms with Crippen LogP contribution < -0.4 is 15.5 Å². The maximum Gasteiger partial charge on any atom is 0.252 e. The van der Waals surface area contributed by atoms with Crippen molar-refractivity contribution in [2.24, 2.45) is 11.8 Å². The van der Waals surface area contributed by atoms with Gasteiger partial charge in [0.15, 0.2) is 5.78 Å². The van der Waals surface area contributed by atoms with E-state index in [0.717, 1.165) is 31.9 Å². The third kappa shape index (κ3) is 6.18. The van der Waals surface area contributed by atoms with Gasteiger partial charge in [-0.2, -0.15) is 0 Å². The molecule has 3 N–H and O–H groups in total. The predicted octanol–water partition coefficient (Wildman–Crippen LogP) is 0.640. The first-order chi connectivity index (χ1) is 18.2. The van der Waals surface area contributed by atoms with Crippen LogP contribution in [-0.2, 0) is 14.4 Å². The molecule has 4 rings (SSSR count). The van der Waals surface area contributed by atoms with Crippen LogP contribution in [-0.4, -0.2) is 102 Å². The number of aliphatic hydroxyl groups is 1. The number of likely N-dealkylation sites (tertiary alicyclic amines) is 2. The Hall–Kier alpha value is -2.98. The summed E-state index contributed by atoms with van der Waals surface area (Å²) in [5.41, 5.74) is 1.72. The van der Waals surface area contributed by atoms with Crippen molar-refractivity contribution in [3.63, 3.8) is 0 Å². The molecule has 3 fully saturated rings. The largest absolute Gasteiger partial charge is 0.383 e. The van der Waals surface area contributed by atoms with Crippen LogP contribution in [0.3, 0.4) is 0 Å². The highest BCUT2D eigenvalue weighted by atomic mass is 16.3. The standard InChI is InChI=1S/C28H41N5O5/c1-18(2)26(36)28(38)33-17-23(34)25-22(33)9-13-32(25)24(35)16-19(3)8-10-30-27(37)20-4-6-21(7-5-20)31-14-11-29-12-15-31/h4-7,18-19,22,25-26,29,36H,8-17H2,1-3H3,(H,30,37). The number of nitrogens with zero attached hydrogens (tertiary/aromatic N) is 3. The highest BCUT2D eigenvalue weighted by molar-refractivity contribution is 5.98. The van der Waals surface area contributed by atoms with Gasteiger partial charge in [0.2, 0.25) is 5.91 Å². The Morgan fingerprint density at radius 2 is 1.74 bits per heavy atom. The molecule has 0 saturated carbocycles. The summed E-state index contributed by atoms with van der Waals surface area (Å²) in [4.78, 5) is 56.4. The molecule has 3 saturated heterocycles. The summed E-state index contributed by atoms with van der Waals surface area (Å²) >= 11 is 0. The van der Waals surface area contributed by atoms with E-state index < -0.39 is 18.1 Å². The first-order valence-corrected chi connectivity index (χ1v) is 13.8. The molecule has 4 atom stereocenters. The Kier molecular flexibility index (Phi) is 9.04. The van der Waals surface area contributed by atoms with E-state index in [1.54, 1.807) is 18.7 Å². The third-order valence-electron chi connectivity index (χ3n) is 7.97. The second-order valence-electron chi connectivity index (χ2n) is 11.1. The molecular formula is C28H41N5O5. The van der Waals surface area contributed by atoms with Crippen molar-refractivity contribution in [3.05, 3.63) is 29.8 Å². The number of hydrogen-bond donors (Lipinski definition) is 3. The minimum absolute atomic E-state index is 0.0222. The third-order valence-corrected chi connectivity index (χ3v) is 7.97. The molecule has 10 nitrogen and oxygen atoms in total. The smallest absolute Gasteiger partial charge is 0.252 e. The fourth-order valence-electron chi connectivity index (χ4n) is 5.64. The molecule has 208 valence electrons. The SMILES string of the molecule is CC(CCNC(=O)c1ccc(N2CCNCC2)cc1)CC(=O)N1CCC2C1C(=O)CN2C(=O)C(O)C(C)C. The number of carbonyl (C=O) groups excluding carboxylic acids is 4. The van der Waals surface area contributed by atoms with E-state index in [4.69, 9.17) is 0 Å². The summed E-state index contributed by atoms with van der Waals surface area (Å²) in [7, 11) is 0. The van der Waals surface area contributed by atoms with Gasteiger partial charge < -0.3 is 30.4 Å². The number of hydrogen-bond acceptors (Lipinski definition) is 7. The van der Waals surface area contributed by atoms with Gasteiger partial charge in [-0.05, 0) is 48.9 Å². The number of rotatable bonds is 9. The molecule has 1 aromatic rings. The van der Waals surface area contributed by atoms with E-state index >= 15 is 0 Å². The fraction of sp³-hybridized carbons (Fsp3) is 0.643. The molecule has 1 aromatic carbocycles.